The van der Waals surface area contributed by atoms with Crippen LogP contribution >= 0.6 is 0 Å². The molecule has 1 aromatic carbocycles. The number of rotatable bonds is 6. The molecule has 2 aromatic heterocycles. The number of nitrogens with zero attached hydrogens (tertiary/aromatic N) is 6. The van der Waals surface area contributed by atoms with E-state index in [2.05, 4.69) is 42.5 Å². The number of aryl methyl sites for hydroxylation is 1. The molecule has 1 aliphatic carbocycles. The standard InChI is InChI=1S/C27H32FN7O2/c1-15-24(37-3)12-20(32-31-15)16-6-9-18(23(36)11-16)21-14-29-26(34-33-21)35(17-7-8-17)22-13-27(2)10-4-5-19(30-27)25(22)28/h6,9,11-12,14,17,19,22,25,30,36H,4-5,7-8,10,13H2,1-3H3/t19-,22+,25-,27+/m0/s1. The van der Waals surface area contributed by atoms with Crippen molar-refractivity contribution in [2.75, 3.05) is 12.0 Å². The van der Waals surface area contributed by atoms with Crippen molar-refractivity contribution in [3.63, 3.8) is 0 Å². The number of halogens is 1. The second-order valence-corrected chi connectivity index (χ2v) is 10.8. The molecule has 194 valence electrons. The van der Waals surface area contributed by atoms with E-state index in [1.54, 1.807) is 31.5 Å². The molecular formula is C27H32FN7O2. The van der Waals surface area contributed by atoms with Gasteiger partial charge in [-0.15, -0.1) is 15.3 Å². The molecule has 37 heavy (non-hydrogen) atoms. The summed E-state index contributed by atoms with van der Waals surface area (Å²) in [5, 5.41) is 31.5. The van der Waals surface area contributed by atoms with Crippen LogP contribution in [0.2, 0.25) is 0 Å². The fraction of sp³-hybridized carbons (Fsp3) is 0.519. The van der Waals surface area contributed by atoms with Crippen LogP contribution in [-0.4, -0.2) is 67.4 Å². The average molecular weight is 506 g/mol. The Hall–Kier alpha value is -3.40. The molecule has 2 aliphatic heterocycles. The molecule has 9 nitrogen and oxygen atoms in total. The molecule has 6 rings (SSSR count). The van der Waals surface area contributed by atoms with Gasteiger partial charge in [-0.05, 0) is 64.5 Å². The summed E-state index contributed by atoms with van der Waals surface area (Å²) in [5.41, 5.74) is 2.87. The van der Waals surface area contributed by atoms with Gasteiger partial charge in [0, 0.05) is 34.8 Å². The van der Waals surface area contributed by atoms with Crippen molar-refractivity contribution in [2.45, 2.75) is 82.2 Å². The summed E-state index contributed by atoms with van der Waals surface area (Å²) in [5.74, 6) is 1.12. The minimum atomic E-state index is -0.975. The lowest BCUT2D eigenvalue weighted by atomic mass is 9.74. The first kappa shape index (κ1) is 24.0. The number of alkyl halides is 1. The van der Waals surface area contributed by atoms with Crippen molar-refractivity contribution in [3.05, 3.63) is 36.2 Å². The molecule has 4 heterocycles. The fourth-order valence-corrected chi connectivity index (χ4v) is 5.93. The van der Waals surface area contributed by atoms with Gasteiger partial charge in [0.15, 0.2) is 0 Å². The van der Waals surface area contributed by atoms with Crippen LogP contribution in [0.25, 0.3) is 22.5 Å². The summed E-state index contributed by atoms with van der Waals surface area (Å²) in [7, 11) is 1.58. The summed E-state index contributed by atoms with van der Waals surface area (Å²) in [6, 6.07) is 6.85. The van der Waals surface area contributed by atoms with Gasteiger partial charge in [0.2, 0.25) is 5.95 Å². The molecule has 3 fully saturated rings. The zero-order valence-electron chi connectivity index (χ0n) is 21.4. The minimum Gasteiger partial charge on any atom is -0.507 e. The topological polar surface area (TPSA) is 109 Å². The minimum absolute atomic E-state index is 0.0321. The van der Waals surface area contributed by atoms with Crippen molar-refractivity contribution in [2.24, 2.45) is 0 Å². The van der Waals surface area contributed by atoms with Crippen molar-refractivity contribution in [1.82, 2.24) is 30.7 Å². The van der Waals surface area contributed by atoms with Crippen molar-refractivity contribution in [1.29, 1.82) is 0 Å². The maximum Gasteiger partial charge on any atom is 0.245 e. The number of phenolic OH excluding ortho intramolecular Hbond substituents is 1. The summed E-state index contributed by atoms with van der Waals surface area (Å²) in [4.78, 5) is 6.69. The van der Waals surface area contributed by atoms with E-state index in [0.29, 0.717) is 39.9 Å². The summed E-state index contributed by atoms with van der Waals surface area (Å²) >= 11 is 0. The molecule has 1 saturated carbocycles. The molecule has 4 atom stereocenters. The van der Waals surface area contributed by atoms with Gasteiger partial charge in [0.1, 0.15) is 29.1 Å². The smallest absolute Gasteiger partial charge is 0.245 e. The summed E-state index contributed by atoms with van der Waals surface area (Å²) < 4.78 is 21.0. The van der Waals surface area contributed by atoms with Gasteiger partial charge in [-0.2, -0.15) is 5.10 Å². The predicted molar refractivity (Wildman–Crippen MR) is 137 cm³/mol. The number of ether oxygens (including phenoxy) is 1. The number of phenols is 1. The molecule has 0 amide bonds. The first-order valence-electron chi connectivity index (χ1n) is 13.0. The normalized spacial score (nSPS) is 27.1. The Balaban J connectivity index is 1.26. The molecule has 0 unspecified atom stereocenters. The Morgan fingerprint density at radius 1 is 1.11 bits per heavy atom. The van der Waals surface area contributed by atoms with Crippen molar-refractivity contribution in [3.8, 4) is 34.0 Å². The quantitative estimate of drug-likeness (QED) is 0.514. The first-order chi connectivity index (χ1) is 17.8. The summed E-state index contributed by atoms with van der Waals surface area (Å²) in [6.07, 6.45) is 6.36. The Bertz CT molecular complexity index is 1300. The second kappa shape index (κ2) is 9.16. The Labute approximate surface area is 215 Å². The van der Waals surface area contributed by atoms with Crippen LogP contribution in [0.15, 0.2) is 30.5 Å². The van der Waals surface area contributed by atoms with E-state index in [9.17, 15) is 5.11 Å². The lowest BCUT2D eigenvalue weighted by Crippen LogP contribution is -2.67. The van der Waals surface area contributed by atoms with Gasteiger partial charge in [0.05, 0.1) is 25.0 Å². The highest BCUT2D eigenvalue weighted by Crippen LogP contribution is 2.42. The average Bonchev–Trinajstić information content (AvgIpc) is 3.73. The molecule has 3 aliphatic rings. The Kier molecular flexibility index (Phi) is 5.94. The molecule has 3 aromatic rings. The predicted octanol–water partition coefficient (Wildman–Crippen LogP) is 4.00. The van der Waals surface area contributed by atoms with E-state index in [4.69, 9.17) is 4.74 Å². The van der Waals surface area contributed by atoms with Crippen LogP contribution in [0.5, 0.6) is 11.5 Å². The number of hydrogen-bond donors (Lipinski definition) is 2. The molecule has 10 heteroatoms. The third kappa shape index (κ3) is 4.47. The number of nitrogens with one attached hydrogen (secondary N) is 1. The van der Waals surface area contributed by atoms with Crippen molar-refractivity contribution >= 4 is 5.95 Å². The van der Waals surface area contributed by atoms with Crippen LogP contribution in [-0.2, 0) is 0 Å². The highest BCUT2D eigenvalue weighted by molar-refractivity contribution is 5.73. The molecule has 2 bridgehead atoms. The highest BCUT2D eigenvalue weighted by atomic mass is 19.1. The SMILES string of the molecule is COc1cc(-c2ccc(-c3cnc(N(C4CC4)[C@@H]4C[C@@]5(C)CCC[C@H](N5)[C@@H]4F)nn3)c(O)c2)nnc1C. The van der Waals surface area contributed by atoms with Gasteiger partial charge in [-0.1, -0.05) is 6.07 Å². The fourth-order valence-electron chi connectivity index (χ4n) is 5.93. The highest BCUT2D eigenvalue weighted by Gasteiger charge is 2.50. The van der Waals surface area contributed by atoms with Gasteiger partial charge in [-0.3, -0.25) is 0 Å². The monoisotopic (exact) mass is 505 g/mol. The van der Waals surface area contributed by atoms with Crippen LogP contribution in [0.1, 0.15) is 51.1 Å². The molecule has 0 radical (unpaired) electrons. The number of hydrogen-bond acceptors (Lipinski definition) is 9. The largest absolute Gasteiger partial charge is 0.507 e. The number of aromatic nitrogens is 5. The molecule has 0 spiro atoms. The number of methoxy groups -OCH3 is 1. The third-order valence-electron chi connectivity index (χ3n) is 7.99. The van der Waals surface area contributed by atoms with Crippen LogP contribution in [0.3, 0.4) is 0 Å². The number of anilines is 1. The van der Waals surface area contributed by atoms with E-state index >= 15 is 4.39 Å². The number of fused-ring (bicyclic) bond motifs is 2. The first-order valence-corrected chi connectivity index (χ1v) is 13.0. The van der Waals surface area contributed by atoms with Crippen LogP contribution < -0.4 is 15.0 Å². The number of benzene rings is 1. The number of aromatic hydroxyl groups is 1. The van der Waals surface area contributed by atoms with E-state index in [0.717, 1.165) is 38.5 Å². The van der Waals surface area contributed by atoms with E-state index in [1.165, 1.54) is 0 Å². The third-order valence-corrected chi connectivity index (χ3v) is 7.99. The van der Waals surface area contributed by atoms with E-state index < -0.39 is 6.17 Å². The molecular weight excluding hydrogens is 473 g/mol. The summed E-state index contributed by atoms with van der Waals surface area (Å²) in [6.45, 7) is 4.02. The van der Waals surface area contributed by atoms with Crippen LogP contribution in [0.4, 0.5) is 10.3 Å². The van der Waals surface area contributed by atoms with Gasteiger partial charge >= 0.3 is 0 Å². The molecule has 2 N–H and O–H groups in total. The zero-order chi connectivity index (χ0) is 25.7. The zero-order valence-corrected chi connectivity index (χ0v) is 21.4. The Morgan fingerprint density at radius 2 is 1.92 bits per heavy atom. The maximum atomic E-state index is 15.6. The molecule has 2 saturated heterocycles. The lowest BCUT2D eigenvalue weighted by molar-refractivity contribution is 0.0582. The van der Waals surface area contributed by atoms with Crippen LogP contribution in [0, 0.1) is 6.92 Å². The van der Waals surface area contributed by atoms with Gasteiger partial charge in [-0.25, -0.2) is 9.37 Å². The van der Waals surface area contributed by atoms with E-state index in [-0.39, 0.29) is 29.4 Å². The maximum absolute atomic E-state index is 15.6. The number of piperidine rings is 2. The van der Waals surface area contributed by atoms with E-state index in [1.807, 2.05) is 13.0 Å². The second-order valence-electron chi connectivity index (χ2n) is 10.8. The Morgan fingerprint density at radius 3 is 2.62 bits per heavy atom. The van der Waals surface area contributed by atoms with Crippen molar-refractivity contribution < 1.29 is 14.2 Å². The van der Waals surface area contributed by atoms with Gasteiger partial charge in [0.25, 0.3) is 0 Å². The van der Waals surface area contributed by atoms with Gasteiger partial charge < -0.3 is 20.1 Å². The lowest BCUT2D eigenvalue weighted by Gasteiger charge is -2.52.